The van der Waals surface area contributed by atoms with Crippen LogP contribution in [-0.4, -0.2) is 42.3 Å². The Bertz CT molecular complexity index is 466. The minimum atomic E-state index is 0.0843. The highest BCUT2D eigenvalue weighted by Crippen LogP contribution is 2.31. The summed E-state index contributed by atoms with van der Waals surface area (Å²) in [6, 6.07) is 2.02. The van der Waals surface area contributed by atoms with Gasteiger partial charge in [0.15, 0.2) is 0 Å². The van der Waals surface area contributed by atoms with Crippen LogP contribution in [0, 0.1) is 0 Å². The molecule has 1 aromatic heterocycles. The SMILES string of the molecule is CNC1(C)CN(c2cc(C3CCCO3)nc(N)n2)C1. The molecule has 0 radical (unpaired) electrons. The number of nitrogens with two attached hydrogens (primary N) is 1. The number of ether oxygens (including phenoxy) is 1. The van der Waals surface area contributed by atoms with E-state index in [-0.39, 0.29) is 11.6 Å². The zero-order valence-electron chi connectivity index (χ0n) is 11.5. The molecule has 0 amide bonds. The van der Waals surface area contributed by atoms with Gasteiger partial charge in [0.05, 0.1) is 17.3 Å². The fourth-order valence-electron chi connectivity index (χ4n) is 2.73. The normalized spacial score (nSPS) is 25.4. The summed E-state index contributed by atoms with van der Waals surface area (Å²) in [7, 11) is 1.99. The lowest BCUT2D eigenvalue weighted by molar-refractivity contribution is 0.108. The average Bonchev–Trinajstić information content (AvgIpc) is 2.88. The van der Waals surface area contributed by atoms with Gasteiger partial charge < -0.3 is 20.7 Å². The molecule has 0 bridgehead atoms. The number of likely N-dealkylation sites (N-methyl/N-ethyl adjacent to an activating group) is 1. The van der Waals surface area contributed by atoms with Gasteiger partial charge in [-0.1, -0.05) is 0 Å². The molecule has 2 saturated heterocycles. The minimum Gasteiger partial charge on any atom is -0.372 e. The highest BCUT2D eigenvalue weighted by molar-refractivity contribution is 5.48. The molecule has 2 fully saturated rings. The number of nitrogens with one attached hydrogen (secondary N) is 1. The van der Waals surface area contributed by atoms with Gasteiger partial charge in [-0.3, -0.25) is 0 Å². The van der Waals surface area contributed by atoms with Crippen molar-refractivity contribution >= 4 is 11.8 Å². The second-order valence-electron chi connectivity index (χ2n) is 5.68. The first-order valence-corrected chi connectivity index (χ1v) is 6.79. The van der Waals surface area contributed by atoms with Crippen LogP contribution in [0.3, 0.4) is 0 Å². The van der Waals surface area contributed by atoms with Gasteiger partial charge in [0, 0.05) is 25.8 Å². The summed E-state index contributed by atoms with van der Waals surface area (Å²) in [5, 5.41) is 3.32. The maximum atomic E-state index is 5.82. The second-order valence-corrected chi connectivity index (χ2v) is 5.68. The van der Waals surface area contributed by atoms with Gasteiger partial charge in [-0.05, 0) is 26.8 Å². The van der Waals surface area contributed by atoms with Crippen molar-refractivity contribution in [2.24, 2.45) is 0 Å². The van der Waals surface area contributed by atoms with Crippen LogP contribution in [0.1, 0.15) is 31.6 Å². The third-order valence-electron chi connectivity index (χ3n) is 4.02. The molecule has 6 heteroatoms. The summed E-state index contributed by atoms with van der Waals surface area (Å²) in [6.07, 6.45) is 2.19. The number of hydrogen-bond acceptors (Lipinski definition) is 6. The molecule has 3 heterocycles. The smallest absolute Gasteiger partial charge is 0.222 e. The first-order chi connectivity index (χ1) is 9.09. The number of anilines is 2. The molecule has 0 spiro atoms. The predicted molar refractivity (Wildman–Crippen MR) is 74.0 cm³/mol. The van der Waals surface area contributed by atoms with Crippen molar-refractivity contribution in [2.45, 2.75) is 31.4 Å². The third-order valence-corrected chi connectivity index (χ3v) is 4.02. The van der Waals surface area contributed by atoms with E-state index in [1.165, 1.54) is 0 Å². The molecule has 0 aliphatic carbocycles. The molecule has 1 atom stereocenters. The van der Waals surface area contributed by atoms with Crippen LogP contribution in [-0.2, 0) is 4.74 Å². The van der Waals surface area contributed by atoms with Crippen LogP contribution in [0.2, 0.25) is 0 Å². The first kappa shape index (κ1) is 12.6. The monoisotopic (exact) mass is 263 g/mol. The number of nitrogen functional groups attached to an aromatic ring is 1. The van der Waals surface area contributed by atoms with E-state index in [2.05, 4.69) is 27.1 Å². The topological polar surface area (TPSA) is 76.3 Å². The molecular formula is C13H21N5O. The van der Waals surface area contributed by atoms with Crippen molar-refractivity contribution in [3.8, 4) is 0 Å². The molecule has 104 valence electrons. The zero-order valence-corrected chi connectivity index (χ0v) is 11.5. The molecule has 3 rings (SSSR count). The summed E-state index contributed by atoms with van der Waals surface area (Å²) in [5.74, 6) is 1.24. The third kappa shape index (κ3) is 2.37. The summed E-state index contributed by atoms with van der Waals surface area (Å²) >= 11 is 0. The van der Waals surface area contributed by atoms with E-state index >= 15 is 0 Å². The van der Waals surface area contributed by atoms with Crippen LogP contribution in [0.15, 0.2) is 6.07 Å². The molecule has 6 nitrogen and oxygen atoms in total. The molecule has 2 aliphatic heterocycles. The summed E-state index contributed by atoms with van der Waals surface area (Å²) < 4.78 is 5.67. The van der Waals surface area contributed by atoms with E-state index in [1.54, 1.807) is 0 Å². The van der Waals surface area contributed by atoms with Gasteiger partial charge in [0.2, 0.25) is 5.95 Å². The maximum absolute atomic E-state index is 5.82. The summed E-state index contributed by atoms with van der Waals surface area (Å²) in [5.41, 5.74) is 6.91. The Labute approximate surface area is 113 Å². The van der Waals surface area contributed by atoms with Gasteiger partial charge in [0.1, 0.15) is 5.82 Å². The Hall–Kier alpha value is -1.40. The molecule has 1 aromatic rings. The lowest BCUT2D eigenvalue weighted by Gasteiger charge is -2.48. The molecule has 0 saturated carbocycles. The lowest BCUT2D eigenvalue weighted by atomic mass is 9.92. The van der Waals surface area contributed by atoms with E-state index in [9.17, 15) is 0 Å². The van der Waals surface area contributed by atoms with Gasteiger partial charge in [0.25, 0.3) is 0 Å². The zero-order chi connectivity index (χ0) is 13.5. The summed E-state index contributed by atoms with van der Waals surface area (Å²) in [4.78, 5) is 10.9. The lowest BCUT2D eigenvalue weighted by Crippen LogP contribution is -2.67. The van der Waals surface area contributed by atoms with Crippen molar-refractivity contribution in [3.05, 3.63) is 11.8 Å². The van der Waals surface area contributed by atoms with Gasteiger partial charge in [-0.2, -0.15) is 4.98 Å². The highest BCUT2D eigenvalue weighted by Gasteiger charge is 2.38. The van der Waals surface area contributed by atoms with Crippen molar-refractivity contribution in [3.63, 3.8) is 0 Å². The van der Waals surface area contributed by atoms with Gasteiger partial charge >= 0.3 is 0 Å². The van der Waals surface area contributed by atoms with Gasteiger partial charge in [-0.15, -0.1) is 0 Å². The van der Waals surface area contributed by atoms with E-state index in [1.807, 2.05) is 13.1 Å². The largest absolute Gasteiger partial charge is 0.372 e. The van der Waals surface area contributed by atoms with Gasteiger partial charge in [-0.25, -0.2) is 4.98 Å². The first-order valence-electron chi connectivity index (χ1n) is 6.79. The standard InChI is InChI=1S/C13H21N5O/c1-13(15-2)7-18(8-13)11-6-9(16-12(14)17-11)10-4-3-5-19-10/h6,10,15H,3-5,7-8H2,1-2H3,(H2,14,16,17). The van der Waals surface area contributed by atoms with Crippen LogP contribution in [0.25, 0.3) is 0 Å². The molecule has 2 aliphatic rings. The Morgan fingerprint density at radius 3 is 2.89 bits per heavy atom. The number of hydrogen-bond donors (Lipinski definition) is 2. The summed E-state index contributed by atoms with van der Waals surface area (Å²) in [6.45, 7) is 4.89. The van der Waals surface area contributed by atoms with Crippen molar-refractivity contribution in [2.75, 3.05) is 37.4 Å². The molecule has 3 N–H and O–H groups in total. The van der Waals surface area contributed by atoms with Crippen LogP contribution < -0.4 is 16.0 Å². The van der Waals surface area contributed by atoms with Crippen LogP contribution >= 0.6 is 0 Å². The minimum absolute atomic E-state index is 0.0843. The Balaban J connectivity index is 1.79. The Kier molecular flexibility index (Phi) is 3.06. The Morgan fingerprint density at radius 2 is 2.26 bits per heavy atom. The number of aromatic nitrogens is 2. The van der Waals surface area contributed by atoms with Crippen molar-refractivity contribution in [1.29, 1.82) is 0 Å². The average molecular weight is 263 g/mol. The highest BCUT2D eigenvalue weighted by atomic mass is 16.5. The Morgan fingerprint density at radius 1 is 1.47 bits per heavy atom. The van der Waals surface area contributed by atoms with E-state index in [0.29, 0.717) is 5.95 Å². The number of rotatable bonds is 3. The van der Waals surface area contributed by atoms with Crippen LogP contribution in [0.5, 0.6) is 0 Å². The molecule has 0 aromatic carbocycles. The fourth-order valence-corrected chi connectivity index (χ4v) is 2.73. The van der Waals surface area contributed by atoms with E-state index < -0.39 is 0 Å². The van der Waals surface area contributed by atoms with Crippen molar-refractivity contribution in [1.82, 2.24) is 15.3 Å². The molecule has 19 heavy (non-hydrogen) atoms. The quantitative estimate of drug-likeness (QED) is 0.836. The van der Waals surface area contributed by atoms with Crippen LogP contribution in [0.4, 0.5) is 11.8 Å². The number of nitrogens with zero attached hydrogens (tertiary/aromatic N) is 3. The fraction of sp³-hybridized carbons (Fsp3) is 0.692. The van der Waals surface area contributed by atoms with E-state index in [0.717, 1.165) is 44.0 Å². The predicted octanol–water partition coefficient (Wildman–Crippen LogP) is 0.708. The molecule has 1 unspecified atom stereocenters. The van der Waals surface area contributed by atoms with E-state index in [4.69, 9.17) is 10.5 Å². The maximum Gasteiger partial charge on any atom is 0.222 e. The second kappa shape index (κ2) is 4.61. The molecular weight excluding hydrogens is 242 g/mol. The van der Waals surface area contributed by atoms with Crippen molar-refractivity contribution < 1.29 is 4.74 Å².